The number of hydrogen-bond donors (Lipinski definition) is 0. The number of benzene rings is 1. The van der Waals surface area contributed by atoms with Crippen molar-refractivity contribution in [1.82, 2.24) is 4.31 Å². The largest absolute Gasteiger partial charge is 0.368 e. The highest BCUT2D eigenvalue weighted by Crippen LogP contribution is 2.22. The third kappa shape index (κ3) is 3.13. The van der Waals surface area contributed by atoms with E-state index in [9.17, 15) is 13.2 Å². The van der Waals surface area contributed by atoms with E-state index in [2.05, 4.69) is 4.90 Å². The number of Topliss-reactive ketones (excluding diaryl/α,β-unsaturated/α-hetero) is 1. The van der Waals surface area contributed by atoms with Gasteiger partial charge in [0.05, 0.1) is 6.26 Å². The van der Waals surface area contributed by atoms with Crippen molar-refractivity contribution < 1.29 is 13.2 Å². The normalized spacial score (nSPS) is 17.5. The Balaban J connectivity index is 2.16. The highest BCUT2D eigenvalue weighted by atomic mass is 32.2. The van der Waals surface area contributed by atoms with Gasteiger partial charge in [-0.25, -0.2) is 8.42 Å². The second kappa shape index (κ2) is 5.30. The number of ketones is 1. The van der Waals surface area contributed by atoms with Crippen LogP contribution in [0.3, 0.4) is 0 Å². The molecule has 0 atom stereocenters. The zero-order chi connectivity index (χ0) is 14.0. The minimum atomic E-state index is -3.12. The van der Waals surface area contributed by atoms with Gasteiger partial charge in [-0.05, 0) is 19.1 Å². The standard InChI is InChI=1S/C13H18N2O3S/c1-11(16)12-5-3-4-6-13(12)14-7-9-15(10-8-14)19(2,17)18/h3-6H,7-10H2,1-2H3. The topological polar surface area (TPSA) is 57.7 Å². The summed E-state index contributed by atoms with van der Waals surface area (Å²) in [4.78, 5) is 13.7. The van der Waals surface area contributed by atoms with Gasteiger partial charge in [0.2, 0.25) is 10.0 Å². The Labute approximate surface area is 113 Å². The average Bonchev–Trinajstić information content (AvgIpc) is 2.38. The van der Waals surface area contributed by atoms with Gasteiger partial charge >= 0.3 is 0 Å². The first kappa shape index (κ1) is 14.0. The zero-order valence-corrected chi connectivity index (χ0v) is 12.0. The Bertz CT molecular complexity index is 575. The van der Waals surface area contributed by atoms with Gasteiger partial charge in [-0.1, -0.05) is 12.1 Å². The molecule has 1 saturated heterocycles. The van der Waals surface area contributed by atoms with Crippen molar-refractivity contribution in [3.05, 3.63) is 29.8 Å². The van der Waals surface area contributed by atoms with Crippen LogP contribution >= 0.6 is 0 Å². The van der Waals surface area contributed by atoms with E-state index in [1.165, 1.54) is 10.6 Å². The van der Waals surface area contributed by atoms with Crippen LogP contribution in [0.2, 0.25) is 0 Å². The summed E-state index contributed by atoms with van der Waals surface area (Å²) in [5.74, 6) is 0.0288. The van der Waals surface area contributed by atoms with Gasteiger partial charge in [0.25, 0.3) is 0 Å². The van der Waals surface area contributed by atoms with Crippen LogP contribution in [-0.4, -0.2) is 50.9 Å². The summed E-state index contributed by atoms with van der Waals surface area (Å²) in [5, 5.41) is 0. The predicted molar refractivity (Wildman–Crippen MR) is 75.1 cm³/mol. The summed E-state index contributed by atoms with van der Waals surface area (Å²) in [6.07, 6.45) is 1.23. The molecule has 1 aliphatic heterocycles. The fraction of sp³-hybridized carbons (Fsp3) is 0.462. The monoisotopic (exact) mass is 282 g/mol. The molecule has 1 heterocycles. The molecule has 6 heteroatoms. The van der Waals surface area contributed by atoms with Crippen LogP contribution in [0, 0.1) is 0 Å². The number of carbonyl (C=O) groups is 1. The van der Waals surface area contributed by atoms with E-state index >= 15 is 0 Å². The maximum Gasteiger partial charge on any atom is 0.211 e. The summed E-state index contributed by atoms with van der Waals surface area (Å²) in [6, 6.07) is 7.45. The average molecular weight is 282 g/mol. The Morgan fingerprint density at radius 2 is 1.68 bits per heavy atom. The lowest BCUT2D eigenvalue weighted by molar-refractivity contribution is 0.101. The van der Waals surface area contributed by atoms with Crippen LogP contribution in [-0.2, 0) is 10.0 Å². The molecule has 1 aromatic rings. The van der Waals surface area contributed by atoms with Crippen LogP contribution in [0.1, 0.15) is 17.3 Å². The summed E-state index contributed by atoms with van der Waals surface area (Å²) < 4.78 is 24.4. The number of anilines is 1. The minimum Gasteiger partial charge on any atom is -0.368 e. The van der Waals surface area contributed by atoms with E-state index in [1.54, 1.807) is 13.0 Å². The molecule has 1 aliphatic rings. The number of sulfonamides is 1. The minimum absolute atomic E-state index is 0.0288. The Hall–Kier alpha value is -1.40. The van der Waals surface area contributed by atoms with E-state index < -0.39 is 10.0 Å². The Morgan fingerprint density at radius 3 is 2.21 bits per heavy atom. The molecule has 5 nitrogen and oxygen atoms in total. The van der Waals surface area contributed by atoms with Gasteiger partial charge < -0.3 is 4.90 Å². The molecule has 0 aliphatic carbocycles. The van der Waals surface area contributed by atoms with Crippen LogP contribution in [0.4, 0.5) is 5.69 Å². The molecule has 0 unspecified atom stereocenters. The molecular formula is C13H18N2O3S. The van der Waals surface area contributed by atoms with Crippen molar-refractivity contribution in [2.75, 3.05) is 37.3 Å². The SMILES string of the molecule is CC(=O)c1ccccc1N1CCN(S(C)(=O)=O)CC1. The second-order valence-corrected chi connectivity index (χ2v) is 6.70. The maximum atomic E-state index is 11.6. The van der Waals surface area contributed by atoms with Crippen LogP contribution in [0.25, 0.3) is 0 Å². The Kier molecular flexibility index (Phi) is 3.91. The molecule has 2 rings (SSSR count). The number of hydrogen-bond acceptors (Lipinski definition) is 4. The second-order valence-electron chi connectivity index (χ2n) is 4.72. The first-order valence-electron chi connectivity index (χ1n) is 6.19. The quantitative estimate of drug-likeness (QED) is 0.775. The van der Waals surface area contributed by atoms with Crippen LogP contribution < -0.4 is 4.90 Å². The summed E-state index contributed by atoms with van der Waals surface area (Å²) >= 11 is 0. The van der Waals surface area contributed by atoms with Gasteiger partial charge in [0, 0.05) is 37.4 Å². The maximum absolute atomic E-state index is 11.6. The highest BCUT2D eigenvalue weighted by molar-refractivity contribution is 7.88. The molecule has 0 aromatic heterocycles. The van der Waals surface area contributed by atoms with E-state index in [0.29, 0.717) is 31.7 Å². The number of piperazine rings is 1. The lowest BCUT2D eigenvalue weighted by Crippen LogP contribution is -2.48. The lowest BCUT2D eigenvalue weighted by atomic mass is 10.1. The van der Waals surface area contributed by atoms with Crippen molar-refractivity contribution >= 4 is 21.5 Å². The van der Waals surface area contributed by atoms with Gasteiger partial charge in [-0.2, -0.15) is 4.31 Å². The fourth-order valence-electron chi connectivity index (χ4n) is 2.31. The molecule has 1 aromatic carbocycles. The predicted octanol–water partition coefficient (Wildman–Crippen LogP) is 0.971. The number of nitrogens with zero attached hydrogens (tertiary/aromatic N) is 2. The first-order valence-corrected chi connectivity index (χ1v) is 8.04. The summed E-state index contributed by atoms with van der Waals surface area (Å²) in [5.41, 5.74) is 1.58. The van der Waals surface area contributed by atoms with Crippen molar-refractivity contribution in [2.24, 2.45) is 0 Å². The zero-order valence-electron chi connectivity index (χ0n) is 11.2. The lowest BCUT2D eigenvalue weighted by Gasteiger charge is -2.35. The van der Waals surface area contributed by atoms with Crippen molar-refractivity contribution in [3.63, 3.8) is 0 Å². The van der Waals surface area contributed by atoms with E-state index in [-0.39, 0.29) is 5.78 Å². The van der Waals surface area contributed by atoms with E-state index in [1.807, 2.05) is 18.2 Å². The smallest absolute Gasteiger partial charge is 0.211 e. The summed E-state index contributed by atoms with van der Waals surface area (Å²) in [7, 11) is -3.12. The van der Waals surface area contributed by atoms with E-state index in [4.69, 9.17) is 0 Å². The fourth-order valence-corrected chi connectivity index (χ4v) is 3.13. The van der Waals surface area contributed by atoms with Gasteiger partial charge in [0.15, 0.2) is 5.78 Å². The van der Waals surface area contributed by atoms with Crippen molar-refractivity contribution in [1.29, 1.82) is 0 Å². The third-order valence-electron chi connectivity index (χ3n) is 3.33. The van der Waals surface area contributed by atoms with Crippen LogP contribution in [0.15, 0.2) is 24.3 Å². The van der Waals surface area contributed by atoms with Gasteiger partial charge in [-0.15, -0.1) is 0 Å². The first-order chi connectivity index (χ1) is 8.89. The van der Waals surface area contributed by atoms with E-state index in [0.717, 1.165) is 5.69 Å². The van der Waals surface area contributed by atoms with Crippen molar-refractivity contribution in [3.8, 4) is 0 Å². The third-order valence-corrected chi connectivity index (χ3v) is 4.63. The van der Waals surface area contributed by atoms with Crippen LogP contribution in [0.5, 0.6) is 0 Å². The van der Waals surface area contributed by atoms with Crippen molar-refractivity contribution in [2.45, 2.75) is 6.92 Å². The summed E-state index contributed by atoms with van der Waals surface area (Å²) in [6.45, 7) is 3.69. The molecule has 1 fully saturated rings. The molecule has 19 heavy (non-hydrogen) atoms. The molecule has 0 spiro atoms. The molecule has 104 valence electrons. The van der Waals surface area contributed by atoms with Gasteiger partial charge in [0.1, 0.15) is 0 Å². The molecule has 0 bridgehead atoms. The van der Waals surface area contributed by atoms with Gasteiger partial charge in [-0.3, -0.25) is 4.79 Å². The highest BCUT2D eigenvalue weighted by Gasteiger charge is 2.24. The number of rotatable bonds is 3. The molecule has 0 amide bonds. The number of carbonyl (C=O) groups excluding carboxylic acids is 1. The Morgan fingerprint density at radius 1 is 1.11 bits per heavy atom. The number of para-hydroxylation sites is 1. The molecule has 0 N–H and O–H groups in total. The molecular weight excluding hydrogens is 264 g/mol. The molecule has 0 radical (unpaired) electrons. The molecule has 0 saturated carbocycles.